The van der Waals surface area contributed by atoms with Gasteiger partial charge in [-0.05, 0) is 50.0 Å². The van der Waals surface area contributed by atoms with Crippen molar-refractivity contribution in [1.29, 1.82) is 0 Å². The molecule has 1 aromatic carbocycles. The molecule has 2 aromatic heterocycles. The van der Waals surface area contributed by atoms with Crippen molar-refractivity contribution in [1.82, 2.24) is 14.4 Å². The van der Waals surface area contributed by atoms with Gasteiger partial charge in [-0.2, -0.15) is 0 Å². The molecule has 2 aliphatic heterocycles. The number of thiophene rings is 1. The molecular formula is C25H27N3O2S2. The fourth-order valence-corrected chi connectivity index (χ4v) is 7.19. The lowest BCUT2D eigenvalue weighted by Crippen LogP contribution is -2.48. The molecule has 0 N–H and O–H groups in total. The summed E-state index contributed by atoms with van der Waals surface area (Å²) in [6.45, 7) is 7.07. The lowest BCUT2D eigenvalue weighted by molar-refractivity contribution is 0.0661. The second-order valence-electron chi connectivity index (χ2n) is 8.65. The Morgan fingerprint density at radius 2 is 1.81 bits per heavy atom. The highest BCUT2D eigenvalue weighted by Crippen LogP contribution is 2.46. The summed E-state index contributed by atoms with van der Waals surface area (Å²) in [5.41, 5.74) is 4.21. The third kappa shape index (κ3) is 3.72. The number of amides is 1. The second-order valence-corrected chi connectivity index (χ2v) is 10.8. The molecule has 1 saturated heterocycles. The third-order valence-corrected chi connectivity index (χ3v) is 9.02. The lowest BCUT2D eigenvalue weighted by Gasteiger charge is -2.33. The molecular weight excluding hydrogens is 438 g/mol. The maximum Gasteiger partial charge on any atom is 0.259 e. The number of piperazine rings is 1. The van der Waals surface area contributed by atoms with Crippen molar-refractivity contribution in [3.05, 3.63) is 79.4 Å². The number of para-hydroxylation sites is 1. The van der Waals surface area contributed by atoms with E-state index in [1.165, 1.54) is 15.3 Å². The van der Waals surface area contributed by atoms with Crippen LogP contribution in [0, 0.1) is 13.8 Å². The van der Waals surface area contributed by atoms with Gasteiger partial charge in [-0.15, -0.1) is 23.1 Å². The Morgan fingerprint density at radius 3 is 2.53 bits per heavy atom. The molecule has 0 spiro atoms. The zero-order chi connectivity index (χ0) is 22.4. The number of pyridine rings is 1. The maximum atomic E-state index is 13.7. The van der Waals surface area contributed by atoms with Crippen LogP contribution in [0.25, 0.3) is 5.69 Å². The van der Waals surface area contributed by atoms with E-state index in [1.54, 1.807) is 17.4 Å². The molecule has 0 saturated carbocycles. The third-order valence-electron chi connectivity index (χ3n) is 6.45. The van der Waals surface area contributed by atoms with Gasteiger partial charge in [-0.25, -0.2) is 0 Å². The number of aromatic nitrogens is 1. The van der Waals surface area contributed by atoms with E-state index in [0.717, 1.165) is 30.2 Å². The van der Waals surface area contributed by atoms with Gasteiger partial charge in [-0.3, -0.25) is 9.59 Å². The summed E-state index contributed by atoms with van der Waals surface area (Å²) in [5.74, 6) is -0.127. The Bertz CT molecular complexity index is 1240. The summed E-state index contributed by atoms with van der Waals surface area (Å²) in [4.78, 5) is 33.5. The molecule has 5 rings (SSSR count). The molecule has 1 atom stereocenters. The van der Waals surface area contributed by atoms with Crippen molar-refractivity contribution in [2.45, 2.75) is 30.4 Å². The van der Waals surface area contributed by atoms with Crippen LogP contribution in [0.4, 0.5) is 0 Å². The fourth-order valence-electron chi connectivity index (χ4n) is 4.69. The number of fused-ring (bicyclic) bond motifs is 3. The van der Waals surface area contributed by atoms with Gasteiger partial charge in [-0.1, -0.05) is 12.1 Å². The zero-order valence-corrected chi connectivity index (χ0v) is 20.3. The topological polar surface area (TPSA) is 45.6 Å². The molecule has 0 radical (unpaired) electrons. The highest BCUT2D eigenvalue weighted by Gasteiger charge is 2.32. The first kappa shape index (κ1) is 21.5. The predicted octanol–water partition coefficient (Wildman–Crippen LogP) is 4.29. The van der Waals surface area contributed by atoms with E-state index in [4.69, 9.17) is 0 Å². The van der Waals surface area contributed by atoms with Crippen molar-refractivity contribution >= 4 is 29.0 Å². The average Bonchev–Trinajstić information content (AvgIpc) is 3.12. The number of carbonyl (C=O) groups excluding carboxylic acids is 1. The van der Waals surface area contributed by atoms with Crippen LogP contribution in [0.5, 0.6) is 0 Å². The average molecular weight is 466 g/mol. The van der Waals surface area contributed by atoms with Crippen LogP contribution in [0.3, 0.4) is 0 Å². The fraction of sp³-hybridized carbons (Fsp3) is 0.360. The lowest BCUT2D eigenvalue weighted by atomic mass is 10.0. The van der Waals surface area contributed by atoms with Gasteiger partial charge in [0.1, 0.15) is 5.56 Å². The molecule has 7 heteroatoms. The van der Waals surface area contributed by atoms with Crippen LogP contribution in [0.15, 0.2) is 51.5 Å². The predicted molar refractivity (Wildman–Crippen MR) is 132 cm³/mol. The van der Waals surface area contributed by atoms with Gasteiger partial charge in [0, 0.05) is 65.1 Å². The first-order valence-corrected chi connectivity index (χ1v) is 12.7. The zero-order valence-electron chi connectivity index (χ0n) is 18.6. The summed E-state index contributed by atoms with van der Waals surface area (Å²) in [7, 11) is 2.07. The van der Waals surface area contributed by atoms with Crippen LogP contribution in [0.2, 0.25) is 0 Å². The van der Waals surface area contributed by atoms with Gasteiger partial charge in [0.15, 0.2) is 5.43 Å². The van der Waals surface area contributed by atoms with Gasteiger partial charge in [0.2, 0.25) is 0 Å². The van der Waals surface area contributed by atoms with Crippen LogP contribution in [0.1, 0.15) is 37.4 Å². The van der Waals surface area contributed by atoms with Gasteiger partial charge in [0.05, 0.1) is 5.69 Å². The molecule has 4 heterocycles. The van der Waals surface area contributed by atoms with Crippen molar-refractivity contribution in [2.24, 2.45) is 0 Å². The monoisotopic (exact) mass is 465 g/mol. The van der Waals surface area contributed by atoms with Crippen molar-refractivity contribution in [3.8, 4) is 5.69 Å². The SMILES string of the molecule is Cc1ccsc1C1Cc2c(C(=O)N3CCN(C)CC3)c(=O)cc(C)n2-c2ccccc2S1. The minimum Gasteiger partial charge on any atom is -0.336 e. The minimum absolute atomic E-state index is 0.127. The summed E-state index contributed by atoms with van der Waals surface area (Å²) in [6, 6.07) is 12.1. The largest absolute Gasteiger partial charge is 0.336 e. The van der Waals surface area contributed by atoms with Crippen LogP contribution in [-0.4, -0.2) is 53.5 Å². The number of nitrogens with zero attached hydrogens (tertiary/aromatic N) is 3. The molecule has 1 unspecified atom stereocenters. The number of likely N-dealkylation sites (N-methyl/N-ethyl adjacent to an activating group) is 1. The number of carbonyl (C=O) groups is 1. The second kappa shape index (κ2) is 8.54. The van der Waals surface area contributed by atoms with E-state index >= 15 is 0 Å². The maximum absolute atomic E-state index is 13.7. The van der Waals surface area contributed by atoms with Crippen LogP contribution >= 0.6 is 23.1 Å². The van der Waals surface area contributed by atoms with Crippen LogP contribution < -0.4 is 5.43 Å². The Hall–Kier alpha value is -2.35. The first-order valence-electron chi connectivity index (χ1n) is 11.0. The Morgan fingerprint density at radius 1 is 1.06 bits per heavy atom. The van der Waals surface area contributed by atoms with E-state index in [9.17, 15) is 9.59 Å². The Balaban J connectivity index is 1.70. The van der Waals surface area contributed by atoms with Crippen molar-refractivity contribution in [2.75, 3.05) is 33.2 Å². The van der Waals surface area contributed by atoms with Gasteiger partial charge >= 0.3 is 0 Å². The Labute approximate surface area is 196 Å². The molecule has 0 bridgehead atoms. The van der Waals surface area contributed by atoms with E-state index in [-0.39, 0.29) is 16.6 Å². The highest BCUT2D eigenvalue weighted by molar-refractivity contribution is 7.99. The van der Waals surface area contributed by atoms with Gasteiger partial charge < -0.3 is 14.4 Å². The van der Waals surface area contributed by atoms with Crippen molar-refractivity contribution in [3.63, 3.8) is 0 Å². The first-order chi connectivity index (χ1) is 15.4. The van der Waals surface area contributed by atoms with E-state index < -0.39 is 0 Å². The number of hydrogen-bond acceptors (Lipinski definition) is 5. The number of aryl methyl sites for hydroxylation is 2. The highest BCUT2D eigenvalue weighted by atomic mass is 32.2. The quantitative estimate of drug-likeness (QED) is 0.566. The molecule has 2 aliphatic rings. The molecule has 0 aliphatic carbocycles. The van der Waals surface area contributed by atoms with Crippen molar-refractivity contribution < 1.29 is 4.79 Å². The summed E-state index contributed by atoms with van der Waals surface area (Å²) in [6.07, 6.45) is 0.645. The standard InChI is InChI=1S/C25H27N3O2S2/c1-16-8-13-31-24(16)22-15-19-23(25(30)27-11-9-26(3)10-12-27)20(29)14-17(2)28(19)18-6-4-5-7-21(18)32-22/h4-8,13-14,22H,9-12,15H2,1-3H3. The minimum atomic E-state index is -0.163. The summed E-state index contributed by atoms with van der Waals surface area (Å²) < 4.78 is 2.15. The molecule has 32 heavy (non-hydrogen) atoms. The van der Waals surface area contributed by atoms with Crippen LogP contribution in [-0.2, 0) is 6.42 Å². The van der Waals surface area contributed by atoms with E-state index in [1.807, 2.05) is 29.7 Å². The number of thioether (sulfide) groups is 1. The molecule has 1 fully saturated rings. The molecule has 166 valence electrons. The Kier molecular flexibility index (Phi) is 5.73. The molecule has 5 nitrogen and oxygen atoms in total. The normalized spacial score (nSPS) is 18.7. The molecule has 3 aromatic rings. The summed E-state index contributed by atoms with van der Waals surface area (Å²) in [5, 5.41) is 2.28. The number of rotatable bonds is 2. The smallest absolute Gasteiger partial charge is 0.259 e. The van der Waals surface area contributed by atoms with Gasteiger partial charge in [0.25, 0.3) is 5.91 Å². The number of hydrogen-bond donors (Lipinski definition) is 0. The molecule has 1 amide bonds. The van der Waals surface area contributed by atoms with E-state index in [0.29, 0.717) is 25.1 Å². The number of benzene rings is 1. The van der Waals surface area contributed by atoms with E-state index in [2.05, 4.69) is 53.1 Å². The summed E-state index contributed by atoms with van der Waals surface area (Å²) >= 11 is 3.59.